The van der Waals surface area contributed by atoms with E-state index in [1.54, 1.807) is 36.4 Å². The maximum absolute atomic E-state index is 12.2. The second-order valence-electron chi connectivity index (χ2n) is 5.06. The zero-order chi connectivity index (χ0) is 18.1. The number of hydrogen-bond acceptors (Lipinski definition) is 4. The third kappa shape index (κ3) is 7.01. The van der Waals surface area contributed by atoms with E-state index in [9.17, 15) is 13.6 Å². The van der Waals surface area contributed by atoms with Gasteiger partial charge in [-0.3, -0.25) is 4.79 Å². The fourth-order valence-corrected chi connectivity index (χ4v) is 2.42. The normalized spacial score (nSPS) is 10.6. The molecular formula is C18H19F2NO3S. The standard InChI is InChI=1S/C18H19F2NO3S/c1-2-11-23-14-5-7-15(8-6-14)24-12-17(22)21-13-3-9-16(10-4-13)25-18(19)20/h3-10,18H,2,11-12H2,1H3,(H,21,22). The molecule has 0 atom stereocenters. The maximum Gasteiger partial charge on any atom is 0.288 e. The van der Waals surface area contributed by atoms with Crippen molar-refractivity contribution in [3.05, 3.63) is 48.5 Å². The molecule has 2 aromatic rings. The van der Waals surface area contributed by atoms with Crippen LogP contribution in [-0.4, -0.2) is 24.9 Å². The topological polar surface area (TPSA) is 47.6 Å². The largest absolute Gasteiger partial charge is 0.494 e. The predicted octanol–water partition coefficient (Wildman–Crippen LogP) is 4.81. The Bertz CT molecular complexity index is 663. The summed E-state index contributed by atoms with van der Waals surface area (Å²) in [6.45, 7) is 2.53. The Hall–Kier alpha value is -2.28. The van der Waals surface area contributed by atoms with Crippen LogP contribution < -0.4 is 14.8 Å². The summed E-state index contributed by atoms with van der Waals surface area (Å²) in [5.41, 5.74) is 0.524. The molecular weight excluding hydrogens is 348 g/mol. The molecule has 0 bridgehead atoms. The number of carbonyl (C=O) groups is 1. The van der Waals surface area contributed by atoms with Gasteiger partial charge in [0.05, 0.1) is 6.61 Å². The van der Waals surface area contributed by atoms with E-state index in [-0.39, 0.29) is 12.5 Å². The lowest BCUT2D eigenvalue weighted by Crippen LogP contribution is -2.20. The van der Waals surface area contributed by atoms with Crippen LogP contribution in [-0.2, 0) is 4.79 Å². The summed E-state index contributed by atoms with van der Waals surface area (Å²) in [6, 6.07) is 13.2. The van der Waals surface area contributed by atoms with E-state index in [1.807, 2.05) is 6.92 Å². The number of hydrogen-bond donors (Lipinski definition) is 1. The second kappa shape index (κ2) is 9.88. The molecule has 0 fully saturated rings. The molecule has 0 saturated heterocycles. The molecule has 0 aromatic heterocycles. The van der Waals surface area contributed by atoms with Gasteiger partial charge in [-0.05, 0) is 55.0 Å². The molecule has 1 amide bonds. The van der Waals surface area contributed by atoms with Crippen LogP contribution in [0.1, 0.15) is 13.3 Å². The molecule has 1 N–H and O–H groups in total. The van der Waals surface area contributed by atoms with E-state index in [0.717, 1.165) is 12.2 Å². The molecule has 0 aliphatic rings. The lowest BCUT2D eigenvalue weighted by molar-refractivity contribution is -0.118. The van der Waals surface area contributed by atoms with E-state index < -0.39 is 5.76 Å². The Morgan fingerprint density at radius 2 is 1.64 bits per heavy atom. The smallest absolute Gasteiger partial charge is 0.288 e. The van der Waals surface area contributed by atoms with Gasteiger partial charge in [0.25, 0.3) is 11.7 Å². The van der Waals surface area contributed by atoms with Gasteiger partial charge in [0, 0.05) is 10.6 Å². The summed E-state index contributed by atoms with van der Waals surface area (Å²) in [5, 5.41) is 2.65. The second-order valence-corrected chi connectivity index (χ2v) is 6.12. The zero-order valence-corrected chi connectivity index (χ0v) is 14.5. The minimum atomic E-state index is -2.47. The highest BCUT2D eigenvalue weighted by Crippen LogP contribution is 2.26. The first-order valence-corrected chi connectivity index (χ1v) is 8.65. The van der Waals surface area contributed by atoms with E-state index in [2.05, 4.69) is 5.32 Å². The molecule has 0 spiro atoms. The van der Waals surface area contributed by atoms with Gasteiger partial charge in [-0.2, -0.15) is 8.78 Å². The molecule has 0 saturated carbocycles. The lowest BCUT2D eigenvalue weighted by atomic mass is 10.3. The molecule has 4 nitrogen and oxygen atoms in total. The first kappa shape index (κ1) is 19.1. The van der Waals surface area contributed by atoms with Crippen molar-refractivity contribution < 1.29 is 23.0 Å². The molecule has 0 aliphatic heterocycles. The van der Waals surface area contributed by atoms with Gasteiger partial charge in [0.2, 0.25) is 0 Å². The SMILES string of the molecule is CCCOc1ccc(OCC(=O)Nc2ccc(SC(F)F)cc2)cc1. The minimum absolute atomic E-state index is 0.150. The van der Waals surface area contributed by atoms with E-state index in [0.29, 0.717) is 34.7 Å². The summed E-state index contributed by atoms with van der Waals surface area (Å²) < 4.78 is 35.4. The molecule has 25 heavy (non-hydrogen) atoms. The number of alkyl halides is 2. The van der Waals surface area contributed by atoms with Crippen LogP contribution >= 0.6 is 11.8 Å². The van der Waals surface area contributed by atoms with Crippen LogP contribution in [0.15, 0.2) is 53.4 Å². The van der Waals surface area contributed by atoms with Crippen molar-refractivity contribution in [3.8, 4) is 11.5 Å². The van der Waals surface area contributed by atoms with Crippen LogP contribution in [0.5, 0.6) is 11.5 Å². The number of thioether (sulfide) groups is 1. The number of amides is 1. The molecule has 0 unspecified atom stereocenters. The molecule has 134 valence electrons. The van der Waals surface area contributed by atoms with Crippen molar-refractivity contribution in [2.75, 3.05) is 18.5 Å². The van der Waals surface area contributed by atoms with E-state index in [4.69, 9.17) is 9.47 Å². The predicted molar refractivity (Wildman–Crippen MR) is 94.7 cm³/mol. The van der Waals surface area contributed by atoms with Gasteiger partial charge < -0.3 is 14.8 Å². The van der Waals surface area contributed by atoms with Crippen LogP contribution in [0, 0.1) is 0 Å². The van der Waals surface area contributed by atoms with Gasteiger partial charge in [0.15, 0.2) is 6.61 Å². The summed E-state index contributed by atoms with van der Waals surface area (Å²) in [6.07, 6.45) is 0.931. The number of halogens is 2. The van der Waals surface area contributed by atoms with Gasteiger partial charge in [0.1, 0.15) is 11.5 Å². The third-order valence-corrected chi connectivity index (χ3v) is 3.75. The lowest BCUT2D eigenvalue weighted by Gasteiger charge is -2.09. The van der Waals surface area contributed by atoms with Crippen molar-refractivity contribution >= 4 is 23.4 Å². The number of nitrogens with one attached hydrogen (secondary N) is 1. The van der Waals surface area contributed by atoms with Crippen molar-refractivity contribution in [2.24, 2.45) is 0 Å². The molecule has 0 radical (unpaired) electrons. The van der Waals surface area contributed by atoms with E-state index in [1.165, 1.54) is 12.1 Å². The Morgan fingerprint density at radius 1 is 1.04 bits per heavy atom. The number of anilines is 1. The molecule has 7 heteroatoms. The molecule has 2 rings (SSSR count). The van der Waals surface area contributed by atoms with Crippen LogP contribution in [0.4, 0.5) is 14.5 Å². The molecule has 2 aromatic carbocycles. The summed E-state index contributed by atoms with van der Waals surface area (Å²) >= 11 is 0.458. The van der Waals surface area contributed by atoms with Gasteiger partial charge in [-0.1, -0.05) is 18.7 Å². The average Bonchev–Trinajstić information content (AvgIpc) is 2.60. The maximum atomic E-state index is 12.2. The summed E-state index contributed by atoms with van der Waals surface area (Å²) in [5.74, 6) is -1.49. The monoisotopic (exact) mass is 367 g/mol. The zero-order valence-electron chi connectivity index (χ0n) is 13.7. The van der Waals surface area contributed by atoms with Crippen LogP contribution in [0.25, 0.3) is 0 Å². The Labute approximate surface area is 149 Å². The fraction of sp³-hybridized carbons (Fsp3) is 0.278. The number of ether oxygens (including phenoxy) is 2. The van der Waals surface area contributed by atoms with Gasteiger partial charge in [-0.15, -0.1) is 0 Å². The highest BCUT2D eigenvalue weighted by Gasteiger charge is 2.07. The molecule has 0 heterocycles. The Kier molecular flexibility index (Phi) is 7.53. The van der Waals surface area contributed by atoms with Crippen molar-refractivity contribution in [1.82, 2.24) is 0 Å². The molecule has 0 aliphatic carbocycles. The van der Waals surface area contributed by atoms with E-state index >= 15 is 0 Å². The van der Waals surface area contributed by atoms with Crippen LogP contribution in [0.3, 0.4) is 0 Å². The minimum Gasteiger partial charge on any atom is -0.494 e. The fourth-order valence-electron chi connectivity index (χ4n) is 1.92. The third-order valence-electron chi connectivity index (χ3n) is 3.03. The highest BCUT2D eigenvalue weighted by molar-refractivity contribution is 7.99. The Morgan fingerprint density at radius 3 is 2.20 bits per heavy atom. The first-order valence-electron chi connectivity index (χ1n) is 7.77. The summed E-state index contributed by atoms with van der Waals surface area (Å²) in [4.78, 5) is 12.3. The Balaban J connectivity index is 1.78. The van der Waals surface area contributed by atoms with Crippen LogP contribution in [0.2, 0.25) is 0 Å². The number of benzene rings is 2. The van der Waals surface area contributed by atoms with Gasteiger partial charge in [-0.25, -0.2) is 0 Å². The number of carbonyl (C=O) groups excluding carboxylic acids is 1. The van der Waals surface area contributed by atoms with Crippen molar-refractivity contribution in [3.63, 3.8) is 0 Å². The van der Waals surface area contributed by atoms with Gasteiger partial charge >= 0.3 is 0 Å². The summed E-state index contributed by atoms with van der Waals surface area (Å²) in [7, 11) is 0. The van der Waals surface area contributed by atoms with Crippen molar-refractivity contribution in [1.29, 1.82) is 0 Å². The quantitative estimate of drug-likeness (QED) is 0.646. The highest BCUT2D eigenvalue weighted by atomic mass is 32.2. The first-order chi connectivity index (χ1) is 12.1. The van der Waals surface area contributed by atoms with Crippen molar-refractivity contribution in [2.45, 2.75) is 24.0 Å². The number of rotatable bonds is 9. The average molecular weight is 367 g/mol.